The van der Waals surface area contributed by atoms with E-state index in [1.54, 1.807) is 24.3 Å². The van der Waals surface area contributed by atoms with Crippen molar-refractivity contribution < 1.29 is 19.1 Å². The average Bonchev–Trinajstić information content (AvgIpc) is 2.73. The molecule has 0 spiro atoms. The fourth-order valence-electron chi connectivity index (χ4n) is 3.15. The van der Waals surface area contributed by atoms with E-state index in [0.717, 1.165) is 6.42 Å². The van der Waals surface area contributed by atoms with E-state index in [1.165, 1.54) is 5.56 Å². The van der Waals surface area contributed by atoms with Crippen LogP contribution in [-0.4, -0.2) is 24.1 Å². The van der Waals surface area contributed by atoms with Crippen molar-refractivity contribution in [2.45, 2.75) is 65.6 Å². The summed E-state index contributed by atoms with van der Waals surface area (Å²) in [7, 11) is 0. The molecule has 2 aromatic rings. The van der Waals surface area contributed by atoms with E-state index in [0.29, 0.717) is 36.3 Å². The van der Waals surface area contributed by atoms with Gasteiger partial charge in [0.05, 0.1) is 11.1 Å². The molecule has 29 heavy (non-hydrogen) atoms. The van der Waals surface area contributed by atoms with Crippen LogP contribution in [0, 0.1) is 5.92 Å². The number of carbonyl (C=O) groups is 2. The summed E-state index contributed by atoms with van der Waals surface area (Å²) >= 11 is 0. The predicted octanol–water partition coefficient (Wildman–Crippen LogP) is 5.85. The molecule has 156 valence electrons. The van der Waals surface area contributed by atoms with Crippen LogP contribution < -0.4 is 0 Å². The highest BCUT2D eigenvalue weighted by Gasteiger charge is 2.22. The lowest BCUT2D eigenvalue weighted by molar-refractivity contribution is -0.00187. The molecule has 0 bridgehead atoms. The summed E-state index contributed by atoms with van der Waals surface area (Å²) in [5.74, 6) is -0.113. The zero-order valence-electron chi connectivity index (χ0n) is 17.9. The van der Waals surface area contributed by atoms with Crippen LogP contribution in [0.4, 0.5) is 0 Å². The third-order valence-electron chi connectivity index (χ3n) is 4.83. The number of rotatable bonds is 10. The van der Waals surface area contributed by atoms with E-state index < -0.39 is 0 Å². The molecule has 0 saturated carbocycles. The van der Waals surface area contributed by atoms with Crippen molar-refractivity contribution >= 4 is 11.9 Å². The highest BCUT2D eigenvalue weighted by atomic mass is 16.6. The maximum absolute atomic E-state index is 12.5. The molecule has 0 aliphatic rings. The third-order valence-corrected chi connectivity index (χ3v) is 4.83. The molecule has 0 saturated heterocycles. The SMILES string of the molecule is CCC(CC(CC)OC(=O)c1ccc(CC(C)C)cc1)OC(=O)c1ccccc1. The zero-order chi connectivity index (χ0) is 21.2. The Morgan fingerprint density at radius 3 is 1.69 bits per heavy atom. The summed E-state index contributed by atoms with van der Waals surface area (Å²) in [6, 6.07) is 16.5. The summed E-state index contributed by atoms with van der Waals surface area (Å²) in [6.07, 6.45) is 2.20. The standard InChI is InChI=1S/C25H32O4/c1-5-22(28-24(26)20-10-8-7-9-11-20)17-23(6-2)29-25(27)21-14-12-19(13-15-21)16-18(3)4/h7-15,18,22-23H,5-6,16-17H2,1-4H3. The van der Waals surface area contributed by atoms with Gasteiger partial charge in [-0.3, -0.25) is 0 Å². The lowest BCUT2D eigenvalue weighted by atomic mass is 10.0. The van der Waals surface area contributed by atoms with Crippen LogP contribution in [0.5, 0.6) is 0 Å². The molecule has 2 aromatic carbocycles. The first kappa shape index (κ1) is 22.7. The number of esters is 2. The highest BCUT2D eigenvalue weighted by molar-refractivity contribution is 5.90. The number of benzene rings is 2. The molecule has 2 atom stereocenters. The van der Waals surface area contributed by atoms with Crippen molar-refractivity contribution in [2.75, 3.05) is 0 Å². The van der Waals surface area contributed by atoms with Crippen LogP contribution in [-0.2, 0) is 15.9 Å². The molecule has 0 fully saturated rings. The monoisotopic (exact) mass is 396 g/mol. The predicted molar refractivity (Wildman–Crippen MR) is 115 cm³/mol. The third kappa shape index (κ3) is 7.37. The van der Waals surface area contributed by atoms with Gasteiger partial charge < -0.3 is 9.47 Å². The minimum atomic E-state index is -0.348. The topological polar surface area (TPSA) is 52.6 Å². The molecule has 2 unspecified atom stereocenters. The highest BCUT2D eigenvalue weighted by Crippen LogP contribution is 2.17. The molecule has 0 aliphatic carbocycles. The number of hydrogen-bond acceptors (Lipinski definition) is 4. The molecule has 4 nitrogen and oxygen atoms in total. The van der Waals surface area contributed by atoms with Crippen molar-refractivity contribution in [3.63, 3.8) is 0 Å². The quantitative estimate of drug-likeness (QED) is 0.473. The maximum Gasteiger partial charge on any atom is 0.338 e. The van der Waals surface area contributed by atoms with Crippen molar-refractivity contribution in [1.29, 1.82) is 0 Å². The van der Waals surface area contributed by atoms with Crippen LogP contribution in [0.2, 0.25) is 0 Å². The second-order valence-corrected chi connectivity index (χ2v) is 7.77. The van der Waals surface area contributed by atoms with Crippen LogP contribution in [0.1, 0.15) is 73.2 Å². The van der Waals surface area contributed by atoms with Gasteiger partial charge in [-0.05, 0) is 55.0 Å². The first-order valence-corrected chi connectivity index (χ1v) is 10.5. The Bertz CT molecular complexity index is 765. The molecular formula is C25H32O4. The Morgan fingerprint density at radius 2 is 1.24 bits per heavy atom. The molecule has 0 amide bonds. The van der Waals surface area contributed by atoms with Crippen LogP contribution >= 0.6 is 0 Å². The summed E-state index contributed by atoms with van der Waals surface area (Å²) in [6.45, 7) is 8.27. The smallest absolute Gasteiger partial charge is 0.338 e. The van der Waals surface area contributed by atoms with E-state index in [-0.39, 0.29) is 24.1 Å². The lowest BCUT2D eigenvalue weighted by Crippen LogP contribution is -2.27. The molecule has 0 aliphatic heterocycles. The number of carbonyl (C=O) groups excluding carboxylic acids is 2. The van der Waals surface area contributed by atoms with Gasteiger partial charge >= 0.3 is 11.9 Å². The second-order valence-electron chi connectivity index (χ2n) is 7.77. The average molecular weight is 397 g/mol. The van der Waals surface area contributed by atoms with Crippen LogP contribution in [0.3, 0.4) is 0 Å². The summed E-state index contributed by atoms with van der Waals surface area (Å²) in [5.41, 5.74) is 2.28. The van der Waals surface area contributed by atoms with E-state index >= 15 is 0 Å². The van der Waals surface area contributed by atoms with Crippen molar-refractivity contribution in [3.05, 3.63) is 71.3 Å². The Balaban J connectivity index is 1.93. The van der Waals surface area contributed by atoms with E-state index in [4.69, 9.17) is 9.47 Å². The first-order valence-electron chi connectivity index (χ1n) is 10.5. The Hall–Kier alpha value is -2.62. The minimum absolute atomic E-state index is 0.297. The largest absolute Gasteiger partial charge is 0.459 e. The van der Waals surface area contributed by atoms with Gasteiger partial charge in [-0.2, -0.15) is 0 Å². The summed E-state index contributed by atoms with van der Waals surface area (Å²) in [5, 5.41) is 0. The molecule has 0 aromatic heterocycles. The van der Waals surface area contributed by atoms with Gasteiger partial charge in [0.25, 0.3) is 0 Å². The van der Waals surface area contributed by atoms with Gasteiger partial charge in [0.1, 0.15) is 12.2 Å². The fraction of sp³-hybridized carbons (Fsp3) is 0.440. The van der Waals surface area contributed by atoms with E-state index in [2.05, 4.69) is 13.8 Å². The van der Waals surface area contributed by atoms with Crippen molar-refractivity contribution in [3.8, 4) is 0 Å². The normalized spacial score (nSPS) is 13.0. The molecule has 0 radical (unpaired) electrons. The van der Waals surface area contributed by atoms with Gasteiger partial charge in [0.15, 0.2) is 0 Å². The Kier molecular flexibility index (Phi) is 8.91. The van der Waals surface area contributed by atoms with Crippen LogP contribution in [0.15, 0.2) is 54.6 Å². The van der Waals surface area contributed by atoms with E-state index in [1.807, 2.05) is 44.2 Å². The fourth-order valence-corrected chi connectivity index (χ4v) is 3.15. The number of ether oxygens (including phenoxy) is 2. The lowest BCUT2D eigenvalue weighted by Gasteiger charge is -2.22. The van der Waals surface area contributed by atoms with Gasteiger partial charge in [0.2, 0.25) is 0 Å². The maximum atomic E-state index is 12.5. The molecule has 0 heterocycles. The van der Waals surface area contributed by atoms with Crippen molar-refractivity contribution in [2.24, 2.45) is 5.92 Å². The summed E-state index contributed by atoms with van der Waals surface area (Å²) in [4.78, 5) is 24.8. The Labute approximate surface area is 174 Å². The van der Waals surface area contributed by atoms with Gasteiger partial charge in [-0.1, -0.05) is 58.0 Å². The molecular weight excluding hydrogens is 364 g/mol. The summed E-state index contributed by atoms with van der Waals surface area (Å²) < 4.78 is 11.3. The number of hydrogen-bond donors (Lipinski definition) is 0. The van der Waals surface area contributed by atoms with Crippen LogP contribution in [0.25, 0.3) is 0 Å². The van der Waals surface area contributed by atoms with Gasteiger partial charge in [-0.25, -0.2) is 9.59 Å². The minimum Gasteiger partial charge on any atom is -0.459 e. The second kappa shape index (κ2) is 11.4. The molecule has 2 rings (SSSR count). The zero-order valence-corrected chi connectivity index (χ0v) is 17.9. The molecule has 0 N–H and O–H groups in total. The van der Waals surface area contributed by atoms with Gasteiger partial charge in [0, 0.05) is 6.42 Å². The van der Waals surface area contributed by atoms with E-state index in [9.17, 15) is 9.59 Å². The molecule has 4 heteroatoms. The van der Waals surface area contributed by atoms with Crippen molar-refractivity contribution in [1.82, 2.24) is 0 Å². The van der Waals surface area contributed by atoms with Gasteiger partial charge in [-0.15, -0.1) is 0 Å². The Morgan fingerprint density at radius 1 is 0.759 bits per heavy atom. The first-order chi connectivity index (χ1) is 13.9.